The molecule has 0 aliphatic carbocycles. The zero-order valence-corrected chi connectivity index (χ0v) is 24.0. The third-order valence-electron chi connectivity index (χ3n) is 7.38. The van der Waals surface area contributed by atoms with Crippen molar-refractivity contribution in [3.63, 3.8) is 0 Å². The average molecular weight is 539 g/mol. The van der Waals surface area contributed by atoms with E-state index in [1.165, 1.54) is 10.4 Å². The van der Waals surface area contributed by atoms with Crippen LogP contribution >= 0.6 is 0 Å². The van der Waals surface area contributed by atoms with Gasteiger partial charge in [0.2, 0.25) is 0 Å². The number of benzene rings is 4. The van der Waals surface area contributed by atoms with Gasteiger partial charge in [0.05, 0.1) is 19.8 Å². The highest BCUT2D eigenvalue weighted by Crippen LogP contribution is 2.38. The Balaban J connectivity index is 1.46. The summed E-state index contributed by atoms with van der Waals surface area (Å²) in [5, 5.41) is 2.37. The Morgan fingerprint density at radius 1 is 0.718 bits per heavy atom. The largest absolute Gasteiger partial charge is 0.405 e. The van der Waals surface area contributed by atoms with Crippen molar-refractivity contribution in [3.05, 3.63) is 132 Å². The molecule has 1 fully saturated rings. The van der Waals surface area contributed by atoms with E-state index in [1.54, 1.807) is 0 Å². The number of hydrogen-bond donors (Lipinski definition) is 0. The van der Waals surface area contributed by atoms with Crippen LogP contribution in [0.25, 0.3) is 0 Å². The van der Waals surface area contributed by atoms with Crippen LogP contribution < -0.4 is 10.4 Å². The number of ether oxygens (including phenoxy) is 3. The Bertz CT molecular complexity index is 1240. The van der Waals surface area contributed by atoms with Gasteiger partial charge in [0.25, 0.3) is 8.32 Å². The van der Waals surface area contributed by atoms with Gasteiger partial charge in [-0.2, -0.15) is 0 Å². The van der Waals surface area contributed by atoms with Crippen LogP contribution in [0.1, 0.15) is 38.2 Å². The van der Waals surface area contributed by atoms with Gasteiger partial charge in [0.1, 0.15) is 12.2 Å². The van der Waals surface area contributed by atoms with Crippen molar-refractivity contribution >= 4 is 18.7 Å². The molecule has 1 aliphatic rings. The number of hydrogen-bond acceptors (Lipinski definition) is 4. The Morgan fingerprint density at radius 3 is 1.77 bits per heavy atom. The van der Waals surface area contributed by atoms with Crippen molar-refractivity contribution in [2.45, 2.75) is 50.9 Å². The molecule has 4 aromatic carbocycles. The fraction of sp³-hybridized carbons (Fsp3) is 0.294. The third-order valence-corrected chi connectivity index (χ3v) is 12.4. The summed E-state index contributed by atoms with van der Waals surface area (Å²) >= 11 is 0. The first-order valence-corrected chi connectivity index (χ1v) is 15.6. The van der Waals surface area contributed by atoms with E-state index in [2.05, 4.69) is 93.6 Å². The molecule has 202 valence electrons. The van der Waals surface area contributed by atoms with Crippen LogP contribution in [0.15, 0.2) is 121 Å². The van der Waals surface area contributed by atoms with Gasteiger partial charge < -0.3 is 18.6 Å². The Morgan fingerprint density at radius 2 is 1.23 bits per heavy atom. The van der Waals surface area contributed by atoms with Crippen molar-refractivity contribution in [2.24, 2.45) is 0 Å². The quantitative estimate of drug-likeness (QED) is 0.236. The summed E-state index contributed by atoms with van der Waals surface area (Å²) in [4.78, 5) is 0. The summed E-state index contributed by atoms with van der Waals surface area (Å²) in [6.07, 6.45) is -1.02. The lowest BCUT2D eigenvalue weighted by Gasteiger charge is -2.45. The predicted octanol–water partition coefficient (Wildman–Crippen LogP) is 6.26. The second kappa shape index (κ2) is 12.4. The molecule has 1 unspecified atom stereocenters. The van der Waals surface area contributed by atoms with E-state index >= 15 is 0 Å². The molecular formula is C34H38O4Si. The summed E-state index contributed by atoms with van der Waals surface area (Å²) in [6.45, 7) is 8.20. The molecule has 39 heavy (non-hydrogen) atoms. The van der Waals surface area contributed by atoms with E-state index in [-0.39, 0.29) is 17.2 Å². The first kappa shape index (κ1) is 27.5. The topological polar surface area (TPSA) is 36.9 Å². The van der Waals surface area contributed by atoms with Crippen LogP contribution in [0.3, 0.4) is 0 Å². The smallest absolute Gasteiger partial charge is 0.261 e. The zero-order chi connectivity index (χ0) is 27.1. The third kappa shape index (κ3) is 6.24. The highest BCUT2D eigenvalue weighted by atomic mass is 28.4. The first-order chi connectivity index (χ1) is 19.0. The molecule has 5 heteroatoms. The summed E-state index contributed by atoms with van der Waals surface area (Å²) in [5.74, 6) is 0. The summed E-state index contributed by atoms with van der Waals surface area (Å²) < 4.78 is 26.4. The van der Waals surface area contributed by atoms with E-state index in [1.807, 2.05) is 48.5 Å². The molecule has 3 atom stereocenters. The van der Waals surface area contributed by atoms with E-state index in [0.29, 0.717) is 19.8 Å². The Kier molecular flexibility index (Phi) is 8.75. The fourth-order valence-corrected chi connectivity index (χ4v) is 9.98. The Hall–Kier alpha value is -3.06. The monoisotopic (exact) mass is 538 g/mol. The van der Waals surface area contributed by atoms with Crippen LogP contribution in [0.5, 0.6) is 0 Å². The molecule has 4 nitrogen and oxygen atoms in total. The van der Waals surface area contributed by atoms with E-state index < -0.39 is 14.6 Å². The van der Waals surface area contributed by atoms with Crippen molar-refractivity contribution in [1.29, 1.82) is 0 Å². The van der Waals surface area contributed by atoms with Crippen molar-refractivity contribution < 1.29 is 18.6 Å². The first-order valence-electron chi connectivity index (χ1n) is 13.7. The van der Waals surface area contributed by atoms with Gasteiger partial charge in [0, 0.05) is 5.56 Å². The minimum Gasteiger partial charge on any atom is -0.405 e. The summed E-state index contributed by atoms with van der Waals surface area (Å²) in [7, 11) is -2.73. The lowest BCUT2D eigenvalue weighted by atomic mass is 10.1. The van der Waals surface area contributed by atoms with Crippen LogP contribution in [0, 0.1) is 0 Å². The molecule has 1 saturated heterocycles. The summed E-state index contributed by atoms with van der Waals surface area (Å²) in [6, 6.07) is 41.7. The second-order valence-corrected chi connectivity index (χ2v) is 15.4. The maximum absolute atomic E-state index is 7.25. The molecular weight excluding hydrogens is 500 g/mol. The lowest BCUT2D eigenvalue weighted by Crippen LogP contribution is -2.67. The molecule has 0 amide bonds. The molecule has 1 heterocycles. The van der Waals surface area contributed by atoms with Crippen LogP contribution in [0.2, 0.25) is 5.04 Å². The normalized spacial score (nSPS) is 20.0. The van der Waals surface area contributed by atoms with Gasteiger partial charge in [-0.15, -0.1) is 0 Å². The maximum atomic E-state index is 7.25. The highest BCUT2D eigenvalue weighted by Gasteiger charge is 2.51. The van der Waals surface area contributed by atoms with Gasteiger partial charge in [-0.3, -0.25) is 0 Å². The van der Waals surface area contributed by atoms with Crippen LogP contribution in [-0.2, 0) is 25.2 Å². The van der Waals surface area contributed by atoms with Gasteiger partial charge in [-0.1, -0.05) is 142 Å². The molecule has 0 N–H and O–H groups in total. The zero-order valence-electron chi connectivity index (χ0n) is 23.0. The molecule has 0 aromatic heterocycles. The maximum Gasteiger partial charge on any atom is 0.261 e. The molecule has 0 saturated carbocycles. The van der Waals surface area contributed by atoms with Gasteiger partial charge in [0.15, 0.2) is 6.29 Å². The Labute approximate surface area is 233 Å². The highest BCUT2D eigenvalue weighted by molar-refractivity contribution is 6.99. The molecule has 4 aromatic rings. The van der Waals surface area contributed by atoms with Crippen molar-refractivity contribution in [1.82, 2.24) is 0 Å². The SMILES string of the molecule is CC(C)(C)[Si](OC[C@H]1OC(c2ccccc2)OC[C@H]1OCc1ccccc1)(c1ccccc1)c1ccccc1. The van der Waals surface area contributed by atoms with E-state index in [4.69, 9.17) is 18.6 Å². The molecule has 0 bridgehead atoms. The molecule has 5 rings (SSSR count). The molecule has 0 spiro atoms. The number of rotatable bonds is 9. The second-order valence-electron chi connectivity index (χ2n) is 11.1. The average Bonchev–Trinajstić information content (AvgIpc) is 2.98. The van der Waals surface area contributed by atoms with Crippen LogP contribution in [0.4, 0.5) is 0 Å². The van der Waals surface area contributed by atoms with Gasteiger partial charge in [-0.05, 0) is 21.0 Å². The standard InChI is InChI=1S/C34H38O4Si/c1-34(2,3)39(29-20-12-6-13-21-29,30-22-14-7-15-23-30)37-26-32-31(35-24-27-16-8-4-9-17-27)25-36-33(38-32)28-18-10-5-11-19-28/h4-23,31-33H,24-26H2,1-3H3/t31-,32-,33?/m1/s1. The fourth-order valence-electron chi connectivity index (χ4n) is 5.41. The van der Waals surface area contributed by atoms with E-state index in [9.17, 15) is 0 Å². The van der Waals surface area contributed by atoms with Crippen molar-refractivity contribution in [3.8, 4) is 0 Å². The minimum absolute atomic E-state index is 0.125. The van der Waals surface area contributed by atoms with Crippen molar-refractivity contribution in [2.75, 3.05) is 13.2 Å². The molecule has 0 radical (unpaired) electrons. The van der Waals surface area contributed by atoms with Gasteiger partial charge in [-0.25, -0.2) is 0 Å². The van der Waals surface area contributed by atoms with E-state index in [0.717, 1.165) is 11.1 Å². The predicted molar refractivity (Wildman–Crippen MR) is 159 cm³/mol. The lowest BCUT2D eigenvalue weighted by molar-refractivity contribution is -0.272. The van der Waals surface area contributed by atoms with Gasteiger partial charge >= 0.3 is 0 Å². The summed E-state index contributed by atoms with van der Waals surface area (Å²) in [5.41, 5.74) is 2.11. The molecule has 1 aliphatic heterocycles. The van der Waals surface area contributed by atoms with Crippen LogP contribution in [-0.4, -0.2) is 33.7 Å². The minimum atomic E-state index is -2.73.